The number of hydrogen-bond donors (Lipinski definition) is 1. The summed E-state index contributed by atoms with van der Waals surface area (Å²) in [6.07, 6.45) is 3.80. The Morgan fingerprint density at radius 3 is 2.64 bits per heavy atom. The molecule has 2 nitrogen and oxygen atoms in total. The maximum absolute atomic E-state index is 6.01. The van der Waals surface area contributed by atoms with Crippen molar-refractivity contribution in [1.29, 1.82) is 0 Å². The highest BCUT2D eigenvalue weighted by atomic mass is 16.5. The van der Waals surface area contributed by atoms with Crippen LogP contribution < -0.4 is 5.73 Å². The van der Waals surface area contributed by atoms with Crippen molar-refractivity contribution in [3.8, 4) is 0 Å². The van der Waals surface area contributed by atoms with E-state index in [1.54, 1.807) is 7.11 Å². The zero-order chi connectivity index (χ0) is 8.27. The van der Waals surface area contributed by atoms with Gasteiger partial charge in [0.1, 0.15) is 0 Å². The zero-order valence-electron chi connectivity index (χ0n) is 7.55. The van der Waals surface area contributed by atoms with Gasteiger partial charge in [0.25, 0.3) is 0 Å². The summed E-state index contributed by atoms with van der Waals surface area (Å²) in [6, 6.07) is 0.421. The number of methoxy groups -OCH3 is 1. The Bertz CT molecular complexity index is 112. The molecule has 2 atom stereocenters. The van der Waals surface area contributed by atoms with Gasteiger partial charge in [0.15, 0.2) is 0 Å². The van der Waals surface area contributed by atoms with E-state index < -0.39 is 0 Å². The van der Waals surface area contributed by atoms with E-state index >= 15 is 0 Å². The van der Waals surface area contributed by atoms with Gasteiger partial charge in [0.2, 0.25) is 0 Å². The van der Waals surface area contributed by atoms with E-state index in [9.17, 15) is 0 Å². The lowest BCUT2D eigenvalue weighted by molar-refractivity contribution is 0.172. The fourth-order valence-electron chi connectivity index (χ4n) is 1.44. The second-order valence-electron chi connectivity index (χ2n) is 3.67. The maximum atomic E-state index is 6.01. The Labute approximate surface area is 69.1 Å². The molecule has 0 aliphatic heterocycles. The number of rotatable bonds is 5. The van der Waals surface area contributed by atoms with E-state index in [0.717, 1.165) is 18.9 Å². The lowest BCUT2D eigenvalue weighted by Gasteiger charge is -2.18. The topological polar surface area (TPSA) is 35.2 Å². The molecular formula is C9H19NO. The van der Waals surface area contributed by atoms with Gasteiger partial charge in [-0.15, -0.1) is 0 Å². The molecule has 1 aliphatic carbocycles. The normalized spacial score (nSPS) is 23.2. The van der Waals surface area contributed by atoms with Crippen LogP contribution in [0, 0.1) is 11.8 Å². The van der Waals surface area contributed by atoms with Gasteiger partial charge in [-0.25, -0.2) is 0 Å². The van der Waals surface area contributed by atoms with Crippen LogP contribution in [0.25, 0.3) is 0 Å². The third-order valence-electron chi connectivity index (χ3n) is 2.60. The number of ether oxygens (including phenoxy) is 1. The Hall–Kier alpha value is -0.0800. The second-order valence-corrected chi connectivity index (χ2v) is 3.67. The van der Waals surface area contributed by atoms with Crippen molar-refractivity contribution in [2.45, 2.75) is 32.2 Å². The van der Waals surface area contributed by atoms with Gasteiger partial charge >= 0.3 is 0 Å². The first-order valence-corrected chi connectivity index (χ1v) is 4.50. The first-order valence-electron chi connectivity index (χ1n) is 4.50. The summed E-state index contributed by atoms with van der Waals surface area (Å²) < 4.78 is 5.01. The Morgan fingerprint density at radius 2 is 2.18 bits per heavy atom. The molecule has 11 heavy (non-hydrogen) atoms. The molecule has 2 unspecified atom stereocenters. The molecule has 0 radical (unpaired) electrons. The van der Waals surface area contributed by atoms with Crippen molar-refractivity contribution in [3.63, 3.8) is 0 Å². The molecule has 1 saturated carbocycles. The van der Waals surface area contributed by atoms with Gasteiger partial charge in [0, 0.05) is 19.8 Å². The number of hydrogen-bond acceptors (Lipinski definition) is 2. The average molecular weight is 157 g/mol. The Kier molecular flexibility index (Phi) is 3.34. The molecule has 0 heterocycles. The molecule has 1 aliphatic rings. The smallest absolute Gasteiger partial charge is 0.0465 e. The first-order chi connectivity index (χ1) is 5.25. The first kappa shape index (κ1) is 9.01. The van der Waals surface area contributed by atoms with E-state index in [0.29, 0.717) is 12.0 Å². The van der Waals surface area contributed by atoms with Crippen LogP contribution in [0.15, 0.2) is 0 Å². The molecule has 2 N–H and O–H groups in total. The van der Waals surface area contributed by atoms with Crippen molar-refractivity contribution in [2.75, 3.05) is 13.7 Å². The highest BCUT2D eigenvalue weighted by molar-refractivity contribution is 4.86. The van der Waals surface area contributed by atoms with Crippen LogP contribution in [0.1, 0.15) is 26.2 Å². The fourth-order valence-corrected chi connectivity index (χ4v) is 1.44. The van der Waals surface area contributed by atoms with Gasteiger partial charge in [-0.05, 0) is 31.1 Å². The van der Waals surface area contributed by atoms with Gasteiger partial charge in [0.05, 0.1) is 0 Å². The van der Waals surface area contributed by atoms with Crippen molar-refractivity contribution in [1.82, 2.24) is 0 Å². The molecule has 66 valence electrons. The summed E-state index contributed by atoms with van der Waals surface area (Å²) in [5, 5.41) is 0. The summed E-state index contributed by atoms with van der Waals surface area (Å²) >= 11 is 0. The molecule has 0 aromatic carbocycles. The van der Waals surface area contributed by atoms with E-state index in [1.807, 2.05) is 0 Å². The van der Waals surface area contributed by atoms with Gasteiger partial charge in [-0.2, -0.15) is 0 Å². The molecule has 1 rings (SSSR count). The van der Waals surface area contributed by atoms with Crippen molar-refractivity contribution in [3.05, 3.63) is 0 Å². The van der Waals surface area contributed by atoms with E-state index in [1.165, 1.54) is 12.8 Å². The minimum atomic E-state index is 0.421. The molecule has 0 bridgehead atoms. The largest absolute Gasteiger partial charge is 0.385 e. The summed E-state index contributed by atoms with van der Waals surface area (Å²) in [5.74, 6) is 1.45. The van der Waals surface area contributed by atoms with Crippen LogP contribution >= 0.6 is 0 Å². The lowest BCUT2D eigenvalue weighted by atomic mass is 9.96. The van der Waals surface area contributed by atoms with Crippen LogP contribution in [-0.4, -0.2) is 19.8 Å². The van der Waals surface area contributed by atoms with E-state index in [-0.39, 0.29) is 0 Å². The third kappa shape index (κ3) is 2.80. The van der Waals surface area contributed by atoms with Crippen LogP contribution in [0.2, 0.25) is 0 Å². The summed E-state index contributed by atoms with van der Waals surface area (Å²) in [6.45, 7) is 3.07. The molecule has 0 aromatic rings. The lowest BCUT2D eigenvalue weighted by Crippen LogP contribution is -2.31. The standard InChI is InChI=1S/C9H19NO/c1-7(5-6-11-2)9(10)8-3-4-8/h7-9H,3-6,10H2,1-2H3. The number of nitrogens with two attached hydrogens (primary N) is 1. The van der Waals surface area contributed by atoms with Crippen molar-refractivity contribution in [2.24, 2.45) is 17.6 Å². The van der Waals surface area contributed by atoms with Crippen LogP contribution in [0.3, 0.4) is 0 Å². The summed E-state index contributed by atoms with van der Waals surface area (Å²) in [7, 11) is 1.75. The average Bonchev–Trinajstić information content (AvgIpc) is 2.81. The van der Waals surface area contributed by atoms with Gasteiger partial charge < -0.3 is 10.5 Å². The predicted octanol–water partition coefficient (Wildman–Crippen LogP) is 1.40. The summed E-state index contributed by atoms with van der Waals surface area (Å²) in [5.41, 5.74) is 6.01. The molecular weight excluding hydrogens is 138 g/mol. The van der Waals surface area contributed by atoms with Crippen molar-refractivity contribution >= 4 is 0 Å². The monoisotopic (exact) mass is 157 g/mol. The molecule has 0 saturated heterocycles. The van der Waals surface area contributed by atoms with Gasteiger partial charge in [-0.1, -0.05) is 6.92 Å². The highest BCUT2D eigenvalue weighted by Crippen LogP contribution is 2.35. The Balaban J connectivity index is 2.11. The predicted molar refractivity (Wildman–Crippen MR) is 46.4 cm³/mol. The van der Waals surface area contributed by atoms with Crippen molar-refractivity contribution < 1.29 is 4.74 Å². The zero-order valence-corrected chi connectivity index (χ0v) is 7.55. The minimum Gasteiger partial charge on any atom is -0.385 e. The summed E-state index contributed by atoms with van der Waals surface area (Å²) in [4.78, 5) is 0. The molecule has 2 heteroatoms. The minimum absolute atomic E-state index is 0.421. The quantitative estimate of drug-likeness (QED) is 0.654. The van der Waals surface area contributed by atoms with Gasteiger partial charge in [-0.3, -0.25) is 0 Å². The molecule has 0 amide bonds. The van der Waals surface area contributed by atoms with E-state index in [4.69, 9.17) is 10.5 Å². The SMILES string of the molecule is COCCC(C)C(N)C1CC1. The third-order valence-corrected chi connectivity index (χ3v) is 2.60. The highest BCUT2D eigenvalue weighted by Gasteiger charge is 2.31. The van der Waals surface area contributed by atoms with E-state index in [2.05, 4.69) is 6.92 Å². The fraction of sp³-hybridized carbons (Fsp3) is 1.00. The molecule has 0 spiro atoms. The molecule has 0 aromatic heterocycles. The maximum Gasteiger partial charge on any atom is 0.0465 e. The van der Waals surface area contributed by atoms with Crippen LogP contribution in [0.4, 0.5) is 0 Å². The Morgan fingerprint density at radius 1 is 1.55 bits per heavy atom. The van der Waals surface area contributed by atoms with Crippen LogP contribution in [0.5, 0.6) is 0 Å². The second kappa shape index (κ2) is 4.07. The molecule has 1 fully saturated rings. The van der Waals surface area contributed by atoms with Crippen LogP contribution in [-0.2, 0) is 4.74 Å².